The van der Waals surface area contributed by atoms with Crippen LogP contribution in [0.2, 0.25) is 0 Å². The number of nitrogens with zero attached hydrogens (tertiary/aromatic N) is 2. The van der Waals surface area contributed by atoms with Gasteiger partial charge in [-0.1, -0.05) is 6.07 Å². The van der Waals surface area contributed by atoms with E-state index in [2.05, 4.69) is 20.6 Å². The molecule has 0 bridgehead atoms. The maximum atomic E-state index is 11.6. The molecule has 6 heteroatoms. The van der Waals surface area contributed by atoms with E-state index < -0.39 is 0 Å². The number of aryl methyl sites for hydroxylation is 2. The number of benzene rings is 2. The molecule has 3 N–H and O–H groups in total. The van der Waals surface area contributed by atoms with Gasteiger partial charge in [0.2, 0.25) is 0 Å². The average molecular weight is 336 g/mol. The van der Waals surface area contributed by atoms with Crippen molar-refractivity contribution in [1.82, 2.24) is 15.3 Å². The monoisotopic (exact) mass is 336 g/mol. The van der Waals surface area contributed by atoms with Crippen LogP contribution in [0.1, 0.15) is 18.1 Å². The summed E-state index contributed by atoms with van der Waals surface area (Å²) in [5.41, 5.74) is 5.06. The maximum absolute atomic E-state index is 11.6. The number of carbonyl (C=O) groups excluding carboxylic acids is 1. The predicted molar refractivity (Wildman–Crippen MR) is 98.8 cm³/mol. The minimum atomic E-state index is -0.308. The van der Waals surface area contributed by atoms with Gasteiger partial charge >= 0.3 is 6.03 Å². The zero-order valence-corrected chi connectivity index (χ0v) is 14.4. The fourth-order valence-electron chi connectivity index (χ4n) is 2.69. The van der Waals surface area contributed by atoms with E-state index in [1.54, 1.807) is 0 Å². The molecule has 6 nitrogen and oxygen atoms in total. The van der Waals surface area contributed by atoms with Crippen molar-refractivity contribution < 1.29 is 9.90 Å². The lowest BCUT2D eigenvalue weighted by molar-refractivity contribution is 0.252. The summed E-state index contributed by atoms with van der Waals surface area (Å²) in [6.45, 7) is 6.14. The van der Waals surface area contributed by atoms with Crippen LogP contribution in [-0.2, 0) is 0 Å². The number of nitrogens with one attached hydrogen (secondary N) is 2. The van der Waals surface area contributed by atoms with E-state index in [1.807, 2.05) is 51.1 Å². The second-order valence-electron chi connectivity index (χ2n) is 5.90. The SMILES string of the molecule is CCNC(=O)Nc1cnc2ccc(-c3cc(C)c(O)c(C)c3)cc2n1. The Morgan fingerprint density at radius 3 is 2.48 bits per heavy atom. The number of hydrogen-bond acceptors (Lipinski definition) is 4. The van der Waals surface area contributed by atoms with Gasteiger partial charge in [-0.3, -0.25) is 10.3 Å². The van der Waals surface area contributed by atoms with Crippen molar-refractivity contribution in [3.63, 3.8) is 0 Å². The average Bonchev–Trinajstić information content (AvgIpc) is 2.58. The van der Waals surface area contributed by atoms with Gasteiger partial charge in [0.1, 0.15) is 5.75 Å². The first kappa shape index (κ1) is 16.7. The molecule has 0 aliphatic heterocycles. The minimum absolute atomic E-state index is 0.308. The summed E-state index contributed by atoms with van der Waals surface area (Å²) in [6.07, 6.45) is 1.53. The lowest BCUT2D eigenvalue weighted by Crippen LogP contribution is -2.28. The van der Waals surface area contributed by atoms with Gasteiger partial charge in [0.25, 0.3) is 0 Å². The Bertz CT molecular complexity index is 930. The van der Waals surface area contributed by atoms with Crippen LogP contribution >= 0.6 is 0 Å². The third kappa shape index (κ3) is 3.52. The molecule has 0 fully saturated rings. The molecule has 2 aromatic carbocycles. The van der Waals surface area contributed by atoms with Crippen LogP contribution in [0.3, 0.4) is 0 Å². The summed E-state index contributed by atoms with van der Waals surface area (Å²) in [7, 11) is 0. The molecule has 0 saturated carbocycles. The molecule has 0 spiro atoms. The Balaban J connectivity index is 1.99. The summed E-state index contributed by atoms with van der Waals surface area (Å²) in [5.74, 6) is 0.714. The van der Waals surface area contributed by atoms with Gasteiger partial charge in [0.05, 0.1) is 17.2 Å². The first-order valence-corrected chi connectivity index (χ1v) is 8.10. The minimum Gasteiger partial charge on any atom is -0.507 e. The van der Waals surface area contributed by atoms with Crippen molar-refractivity contribution in [2.75, 3.05) is 11.9 Å². The highest BCUT2D eigenvalue weighted by atomic mass is 16.3. The molecule has 2 amide bonds. The highest BCUT2D eigenvalue weighted by molar-refractivity contribution is 5.90. The molecule has 1 aromatic heterocycles. The van der Waals surface area contributed by atoms with E-state index in [0.717, 1.165) is 27.8 Å². The number of carbonyl (C=O) groups is 1. The number of hydrogen-bond donors (Lipinski definition) is 3. The number of phenols is 1. The maximum Gasteiger partial charge on any atom is 0.320 e. The fraction of sp³-hybridized carbons (Fsp3) is 0.211. The predicted octanol–water partition coefficient (Wildman–Crippen LogP) is 3.76. The van der Waals surface area contributed by atoms with Crippen molar-refractivity contribution in [2.24, 2.45) is 0 Å². The number of fused-ring (bicyclic) bond motifs is 1. The number of urea groups is 1. The van der Waals surface area contributed by atoms with Crippen molar-refractivity contribution >= 4 is 22.9 Å². The molecule has 0 atom stereocenters. The highest BCUT2D eigenvalue weighted by Gasteiger charge is 2.08. The Hall–Kier alpha value is -3.15. The first-order valence-electron chi connectivity index (χ1n) is 8.10. The molecular weight excluding hydrogens is 316 g/mol. The number of anilines is 1. The zero-order chi connectivity index (χ0) is 18.0. The molecule has 0 unspecified atom stereocenters. The van der Waals surface area contributed by atoms with Crippen LogP contribution < -0.4 is 10.6 Å². The Kier molecular flexibility index (Phi) is 4.52. The van der Waals surface area contributed by atoms with Gasteiger partial charge in [-0.25, -0.2) is 9.78 Å². The van der Waals surface area contributed by atoms with E-state index >= 15 is 0 Å². The molecule has 0 aliphatic carbocycles. The molecule has 0 saturated heterocycles. The van der Waals surface area contributed by atoms with E-state index in [1.165, 1.54) is 6.20 Å². The molecule has 128 valence electrons. The molecule has 0 radical (unpaired) electrons. The standard InChI is InChI=1S/C19H20N4O2/c1-4-20-19(25)23-17-10-21-15-6-5-13(9-16(15)22-17)14-7-11(2)18(24)12(3)8-14/h5-10,24H,4H2,1-3H3,(H2,20,22,23,25). The van der Waals surface area contributed by atoms with E-state index in [-0.39, 0.29) is 6.03 Å². The van der Waals surface area contributed by atoms with Crippen LogP contribution in [0.4, 0.5) is 10.6 Å². The van der Waals surface area contributed by atoms with Gasteiger partial charge in [-0.15, -0.1) is 0 Å². The van der Waals surface area contributed by atoms with E-state index in [4.69, 9.17) is 0 Å². The molecule has 3 rings (SSSR count). The number of aromatic nitrogens is 2. The van der Waals surface area contributed by atoms with Crippen molar-refractivity contribution in [2.45, 2.75) is 20.8 Å². The first-order chi connectivity index (χ1) is 12.0. The van der Waals surface area contributed by atoms with Crippen LogP contribution in [-0.4, -0.2) is 27.7 Å². The Labute approximate surface area is 145 Å². The molecule has 1 heterocycles. The second-order valence-corrected chi connectivity index (χ2v) is 5.90. The van der Waals surface area contributed by atoms with Gasteiger partial charge in [-0.05, 0) is 67.3 Å². The lowest BCUT2D eigenvalue weighted by atomic mass is 9.99. The topological polar surface area (TPSA) is 87.1 Å². The van der Waals surface area contributed by atoms with Crippen LogP contribution in [0.25, 0.3) is 22.2 Å². The summed E-state index contributed by atoms with van der Waals surface area (Å²) < 4.78 is 0. The van der Waals surface area contributed by atoms with E-state index in [9.17, 15) is 9.90 Å². The molecular formula is C19H20N4O2. The van der Waals surface area contributed by atoms with Crippen LogP contribution in [0.15, 0.2) is 36.5 Å². The fourth-order valence-corrected chi connectivity index (χ4v) is 2.69. The van der Waals surface area contributed by atoms with Crippen LogP contribution in [0, 0.1) is 13.8 Å². The number of amides is 2. The normalized spacial score (nSPS) is 10.7. The lowest BCUT2D eigenvalue weighted by Gasteiger charge is -2.10. The Morgan fingerprint density at radius 2 is 1.80 bits per heavy atom. The van der Waals surface area contributed by atoms with Gasteiger partial charge < -0.3 is 10.4 Å². The summed E-state index contributed by atoms with van der Waals surface area (Å²) >= 11 is 0. The highest BCUT2D eigenvalue weighted by Crippen LogP contribution is 2.30. The molecule has 3 aromatic rings. The summed E-state index contributed by atoms with van der Waals surface area (Å²) in [6, 6.07) is 9.36. The van der Waals surface area contributed by atoms with Gasteiger partial charge in [-0.2, -0.15) is 0 Å². The van der Waals surface area contributed by atoms with Crippen LogP contribution in [0.5, 0.6) is 5.75 Å². The number of rotatable bonds is 3. The van der Waals surface area contributed by atoms with Crippen molar-refractivity contribution in [3.05, 3.63) is 47.7 Å². The summed E-state index contributed by atoms with van der Waals surface area (Å²) in [5, 5.41) is 15.3. The number of phenolic OH excluding ortho intramolecular Hbond substituents is 1. The summed E-state index contributed by atoms with van der Waals surface area (Å²) in [4.78, 5) is 20.4. The molecule has 0 aliphatic rings. The Morgan fingerprint density at radius 1 is 1.08 bits per heavy atom. The third-order valence-corrected chi connectivity index (χ3v) is 3.95. The number of aromatic hydroxyl groups is 1. The van der Waals surface area contributed by atoms with E-state index in [0.29, 0.717) is 23.6 Å². The van der Waals surface area contributed by atoms with Gasteiger partial charge in [0.15, 0.2) is 5.82 Å². The third-order valence-electron chi connectivity index (χ3n) is 3.95. The zero-order valence-electron chi connectivity index (χ0n) is 14.4. The largest absolute Gasteiger partial charge is 0.507 e. The second kappa shape index (κ2) is 6.76. The van der Waals surface area contributed by atoms with Crippen molar-refractivity contribution in [3.8, 4) is 16.9 Å². The molecule has 25 heavy (non-hydrogen) atoms. The smallest absolute Gasteiger partial charge is 0.320 e. The quantitative estimate of drug-likeness (QED) is 0.679. The van der Waals surface area contributed by atoms with Gasteiger partial charge in [0, 0.05) is 6.54 Å². The van der Waals surface area contributed by atoms with Crippen molar-refractivity contribution in [1.29, 1.82) is 0 Å².